The Morgan fingerprint density at radius 1 is 0.913 bits per heavy atom. The zero-order chi connectivity index (χ0) is 16.4. The number of aryl methyl sites for hydroxylation is 3. The summed E-state index contributed by atoms with van der Waals surface area (Å²) >= 11 is 0. The summed E-state index contributed by atoms with van der Waals surface area (Å²) in [5.74, 6) is 0.108. The summed E-state index contributed by atoms with van der Waals surface area (Å²) in [5.41, 5.74) is 4.70. The predicted octanol–water partition coefficient (Wildman–Crippen LogP) is 3.91. The first-order chi connectivity index (χ1) is 11.0. The van der Waals surface area contributed by atoms with Crippen LogP contribution in [0.15, 0.2) is 46.9 Å². The fourth-order valence-electron chi connectivity index (χ4n) is 2.36. The van der Waals surface area contributed by atoms with Crippen molar-refractivity contribution in [1.82, 2.24) is 10.2 Å². The monoisotopic (exact) mass is 307 g/mol. The summed E-state index contributed by atoms with van der Waals surface area (Å²) in [5, 5.41) is 10.5. The normalized spacial score (nSPS) is 10.6. The van der Waals surface area contributed by atoms with Crippen LogP contribution in [-0.4, -0.2) is 16.1 Å². The molecule has 1 heterocycles. The minimum absolute atomic E-state index is 0.0877. The smallest absolute Gasteiger partial charge is 0.322 e. The molecule has 0 unspecified atom stereocenters. The van der Waals surface area contributed by atoms with Crippen LogP contribution < -0.4 is 5.32 Å². The Hall–Kier alpha value is -2.95. The zero-order valence-electron chi connectivity index (χ0n) is 13.3. The Morgan fingerprint density at radius 2 is 1.57 bits per heavy atom. The minimum atomic E-state index is -0.277. The second-order valence-corrected chi connectivity index (χ2v) is 5.61. The molecule has 0 aliphatic heterocycles. The van der Waals surface area contributed by atoms with E-state index < -0.39 is 0 Å². The minimum Gasteiger partial charge on any atom is -0.403 e. The van der Waals surface area contributed by atoms with Gasteiger partial charge in [-0.25, -0.2) is 0 Å². The lowest BCUT2D eigenvalue weighted by atomic mass is 10.1. The lowest BCUT2D eigenvalue weighted by molar-refractivity contribution is 0.102. The van der Waals surface area contributed by atoms with E-state index >= 15 is 0 Å². The summed E-state index contributed by atoms with van der Waals surface area (Å²) in [4.78, 5) is 12.1. The van der Waals surface area contributed by atoms with Gasteiger partial charge in [0.2, 0.25) is 5.89 Å². The van der Waals surface area contributed by atoms with Crippen LogP contribution in [0.4, 0.5) is 6.01 Å². The van der Waals surface area contributed by atoms with Gasteiger partial charge in [-0.3, -0.25) is 10.1 Å². The van der Waals surface area contributed by atoms with Gasteiger partial charge in [0, 0.05) is 11.1 Å². The van der Waals surface area contributed by atoms with Crippen molar-refractivity contribution < 1.29 is 9.21 Å². The molecule has 0 bridgehead atoms. The SMILES string of the molecule is Cc1ccc(C(=O)Nc2nnc(-c3cc(C)cc(C)c3)o2)cc1. The summed E-state index contributed by atoms with van der Waals surface area (Å²) in [6, 6.07) is 13.4. The third-order valence-electron chi connectivity index (χ3n) is 3.43. The number of nitrogens with zero attached hydrogens (tertiary/aromatic N) is 2. The van der Waals surface area contributed by atoms with Gasteiger partial charge in [0.1, 0.15) is 0 Å². The summed E-state index contributed by atoms with van der Waals surface area (Å²) in [7, 11) is 0. The molecule has 0 saturated heterocycles. The highest BCUT2D eigenvalue weighted by Gasteiger charge is 2.13. The number of hydrogen-bond acceptors (Lipinski definition) is 4. The molecule has 3 aromatic rings. The molecule has 1 amide bonds. The van der Waals surface area contributed by atoms with E-state index in [2.05, 4.69) is 21.6 Å². The van der Waals surface area contributed by atoms with Gasteiger partial charge in [-0.15, -0.1) is 5.10 Å². The molecule has 116 valence electrons. The molecule has 2 aromatic carbocycles. The number of carbonyl (C=O) groups excluding carboxylic acids is 1. The van der Waals surface area contributed by atoms with Gasteiger partial charge in [0.15, 0.2) is 0 Å². The highest BCUT2D eigenvalue weighted by Crippen LogP contribution is 2.22. The molecule has 5 heteroatoms. The molecule has 0 aliphatic carbocycles. The van der Waals surface area contributed by atoms with Crippen molar-refractivity contribution in [1.29, 1.82) is 0 Å². The molecule has 0 spiro atoms. The molecule has 3 rings (SSSR count). The number of anilines is 1. The highest BCUT2D eigenvalue weighted by molar-refractivity contribution is 6.03. The first kappa shape index (κ1) is 15.0. The van der Waals surface area contributed by atoms with Crippen molar-refractivity contribution in [2.75, 3.05) is 5.32 Å². The quantitative estimate of drug-likeness (QED) is 0.796. The number of nitrogens with one attached hydrogen (secondary N) is 1. The van der Waals surface area contributed by atoms with Gasteiger partial charge in [0.05, 0.1) is 0 Å². The standard InChI is InChI=1S/C18H17N3O2/c1-11-4-6-14(7-5-11)16(22)19-18-21-20-17(23-18)15-9-12(2)8-13(3)10-15/h4-10H,1-3H3,(H,19,21,22). The molecule has 1 N–H and O–H groups in total. The Bertz CT molecular complexity index is 831. The summed E-state index contributed by atoms with van der Waals surface area (Å²) in [6.07, 6.45) is 0. The molecule has 23 heavy (non-hydrogen) atoms. The van der Waals surface area contributed by atoms with Crippen molar-refractivity contribution in [3.63, 3.8) is 0 Å². The van der Waals surface area contributed by atoms with E-state index in [-0.39, 0.29) is 11.9 Å². The van der Waals surface area contributed by atoms with E-state index in [0.717, 1.165) is 22.3 Å². The molecule has 0 aliphatic rings. The average Bonchev–Trinajstić information content (AvgIpc) is 2.95. The van der Waals surface area contributed by atoms with Crippen LogP contribution in [0.2, 0.25) is 0 Å². The van der Waals surface area contributed by atoms with Gasteiger partial charge >= 0.3 is 6.01 Å². The number of rotatable bonds is 3. The van der Waals surface area contributed by atoms with Gasteiger partial charge < -0.3 is 4.42 Å². The van der Waals surface area contributed by atoms with Crippen molar-refractivity contribution in [3.8, 4) is 11.5 Å². The Kier molecular flexibility index (Phi) is 3.93. The molecular weight excluding hydrogens is 290 g/mol. The van der Waals surface area contributed by atoms with Crippen molar-refractivity contribution in [2.24, 2.45) is 0 Å². The fraction of sp³-hybridized carbons (Fsp3) is 0.167. The fourth-order valence-corrected chi connectivity index (χ4v) is 2.36. The highest BCUT2D eigenvalue weighted by atomic mass is 16.4. The molecule has 5 nitrogen and oxygen atoms in total. The van der Waals surface area contributed by atoms with Crippen LogP contribution in [0, 0.1) is 20.8 Å². The molecule has 0 saturated carbocycles. The molecule has 0 fully saturated rings. The van der Waals surface area contributed by atoms with Gasteiger partial charge in [-0.1, -0.05) is 40.0 Å². The van der Waals surface area contributed by atoms with Crippen LogP contribution in [0.3, 0.4) is 0 Å². The first-order valence-electron chi connectivity index (χ1n) is 7.31. The van der Waals surface area contributed by atoms with E-state index in [1.165, 1.54) is 0 Å². The summed E-state index contributed by atoms with van der Waals surface area (Å²) < 4.78 is 5.54. The number of amides is 1. The van der Waals surface area contributed by atoms with Crippen LogP contribution in [-0.2, 0) is 0 Å². The molecular formula is C18H17N3O2. The van der Waals surface area contributed by atoms with E-state index in [1.807, 2.05) is 45.0 Å². The van der Waals surface area contributed by atoms with Crippen molar-refractivity contribution in [3.05, 3.63) is 64.7 Å². The van der Waals surface area contributed by atoms with E-state index in [0.29, 0.717) is 11.5 Å². The lowest BCUT2D eigenvalue weighted by Crippen LogP contribution is -2.11. The second kappa shape index (κ2) is 6.04. The third-order valence-corrected chi connectivity index (χ3v) is 3.43. The van der Waals surface area contributed by atoms with Crippen molar-refractivity contribution >= 4 is 11.9 Å². The van der Waals surface area contributed by atoms with Crippen LogP contribution >= 0.6 is 0 Å². The van der Waals surface area contributed by atoms with Crippen LogP contribution in [0.25, 0.3) is 11.5 Å². The zero-order valence-corrected chi connectivity index (χ0v) is 13.3. The van der Waals surface area contributed by atoms with Gasteiger partial charge in [-0.2, -0.15) is 0 Å². The maximum atomic E-state index is 12.1. The second-order valence-electron chi connectivity index (χ2n) is 5.61. The van der Waals surface area contributed by atoms with Gasteiger partial charge in [-0.05, 0) is 45.0 Å². The predicted molar refractivity (Wildman–Crippen MR) is 88.3 cm³/mol. The largest absolute Gasteiger partial charge is 0.403 e. The number of benzene rings is 2. The Morgan fingerprint density at radius 3 is 2.22 bits per heavy atom. The third kappa shape index (κ3) is 3.45. The molecule has 1 aromatic heterocycles. The topological polar surface area (TPSA) is 68.0 Å². The molecule has 0 radical (unpaired) electrons. The number of hydrogen-bond donors (Lipinski definition) is 1. The van der Waals surface area contributed by atoms with E-state index in [4.69, 9.17) is 4.42 Å². The van der Waals surface area contributed by atoms with Gasteiger partial charge in [0.25, 0.3) is 5.91 Å². The van der Waals surface area contributed by atoms with E-state index in [1.54, 1.807) is 12.1 Å². The van der Waals surface area contributed by atoms with Crippen molar-refractivity contribution in [2.45, 2.75) is 20.8 Å². The number of aromatic nitrogens is 2. The maximum Gasteiger partial charge on any atom is 0.322 e. The lowest BCUT2D eigenvalue weighted by Gasteiger charge is -2.01. The van der Waals surface area contributed by atoms with Crippen LogP contribution in [0.5, 0.6) is 0 Å². The molecule has 0 atom stereocenters. The first-order valence-corrected chi connectivity index (χ1v) is 7.31. The van der Waals surface area contributed by atoms with E-state index in [9.17, 15) is 4.79 Å². The average molecular weight is 307 g/mol. The maximum absolute atomic E-state index is 12.1. The Labute approximate surface area is 134 Å². The Balaban J connectivity index is 1.79. The summed E-state index contributed by atoms with van der Waals surface area (Å²) in [6.45, 7) is 5.98. The number of carbonyl (C=O) groups is 1. The van der Waals surface area contributed by atoms with Crippen LogP contribution in [0.1, 0.15) is 27.0 Å².